The van der Waals surface area contributed by atoms with Gasteiger partial charge in [0.1, 0.15) is 5.82 Å². The minimum Gasteiger partial charge on any atom is -0.366 e. The number of hydrogen-bond acceptors (Lipinski definition) is 5. The van der Waals surface area contributed by atoms with Crippen LogP contribution >= 0.6 is 0 Å². The van der Waals surface area contributed by atoms with Gasteiger partial charge in [-0.2, -0.15) is 0 Å². The van der Waals surface area contributed by atoms with Crippen molar-refractivity contribution in [3.8, 4) is 0 Å². The number of rotatable bonds is 5. The summed E-state index contributed by atoms with van der Waals surface area (Å²) < 4.78 is 0. The minimum atomic E-state index is -0.405. The van der Waals surface area contributed by atoms with E-state index in [9.17, 15) is 10.1 Å². The quantitative estimate of drug-likeness (QED) is 0.638. The van der Waals surface area contributed by atoms with E-state index in [1.165, 1.54) is 31.2 Å². The molecule has 0 amide bonds. The Morgan fingerprint density at radius 1 is 1.56 bits per heavy atom. The van der Waals surface area contributed by atoms with Crippen LogP contribution < -0.4 is 5.32 Å². The summed E-state index contributed by atoms with van der Waals surface area (Å²) in [4.78, 5) is 16.8. The van der Waals surface area contributed by atoms with Gasteiger partial charge in [0.05, 0.1) is 11.0 Å². The van der Waals surface area contributed by atoms with Crippen molar-refractivity contribution in [1.29, 1.82) is 0 Å². The molecule has 2 heterocycles. The Bertz CT molecular complexity index is 418. The molecule has 18 heavy (non-hydrogen) atoms. The normalized spacial score (nSPS) is 17.6. The lowest BCUT2D eigenvalue weighted by Crippen LogP contribution is -2.33. The predicted octanol–water partition coefficient (Wildman–Crippen LogP) is 1.89. The highest BCUT2D eigenvalue weighted by Gasteiger charge is 2.15. The van der Waals surface area contributed by atoms with Gasteiger partial charge in [0.2, 0.25) is 0 Å². The highest BCUT2D eigenvalue weighted by Crippen LogP contribution is 2.15. The molecule has 0 saturated carbocycles. The van der Waals surface area contributed by atoms with Crippen molar-refractivity contribution in [3.63, 3.8) is 0 Å². The number of nitro groups is 1. The summed E-state index contributed by atoms with van der Waals surface area (Å²) in [6.45, 7) is 5.31. The van der Waals surface area contributed by atoms with E-state index < -0.39 is 4.92 Å². The van der Waals surface area contributed by atoms with E-state index in [2.05, 4.69) is 22.1 Å². The van der Waals surface area contributed by atoms with E-state index in [0.29, 0.717) is 5.82 Å². The zero-order valence-corrected chi connectivity index (χ0v) is 10.5. The second-order valence-corrected chi connectivity index (χ2v) is 4.71. The van der Waals surface area contributed by atoms with Crippen LogP contribution in [0.15, 0.2) is 18.3 Å². The molecule has 0 spiro atoms. The van der Waals surface area contributed by atoms with Crippen molar-refractivity contribution in [2.45, 2.75) is 25.8 Å². The first-order valence-electron chi connectivity index (χ1n) is 6.24. The Balaban J connectivity index is 1.91. The summed E-state index contributed by atoms with van der Waals surface area (Å²) in [5.74, 6) is 0.566. The molecule has 1 aromatic rings. The summed E-state index contributed by atoms with van der Waals surface area (Å²) in [5, 5.41) is 13.9. The molecule has 1 atom stereocenters. The second-order valence-electron chi connectivity index (χ2n) is 4.71. The molecule has 1 unspecified atom stereocenters. The average molecular weight is 250 g/mol. The number of pyridine rings is 1. The van der Waals surface area contributed by atoms with Gasteiger partial charge in [-0.05, 0) is 32.9 Å². The smallest absolute Gasteiger partial charge is 0.274 e. The van der Waals surface area contributed by atoms with Crippen LogP contribution in [0, 0.1) is 10.1 Å². The lowest BCUT2D eigenvalue weighted by Gasteiger charge is -2.21. The monoisotopic (exact) mass is 250 g/mol. The molecule has 0 radical (unpaired) electrons. The first-order chi connectivity index (χ1) is 8.65. The molecule has 0 bridgehead atoms. The van der Waals surface area contributed by atoms with Crippen LogP contribution in [0.2, 0.25) is 0 Å². The first-order valence-corrected chi connectivity index (χ1v) is 6.24. The van der Waals surface area contributed by atoms with E-state index in [4.69, 9.17) is 0 Å². The van der Waals surface area contributed by atoms with Crippen LogP contribution in [0.25, 0.3) is 0 Å². The second kappa shape index (κ2) is 5.77. The topological polar surface area (TPSA) is 71.3 Å². The Kier molecular flexibility index (Phi) is 4.09. The Morgan fingerprint density at radius 2 is 2.28 bits per heavy atom. The van der Waals surface area contributed by atoms with Crippen molar-refractivity contribution in [2.24, 2.45) is 0 Å². The molecule has 1 saturated heterocycles. The fourth-order valence-electron chi connectivity index (χ4n) is 2.26. The molecule has 1 N–H and O–H groups in total. The summed E-state index contributed by atoms with van der Waals surface area (Å²) in [6.07, 6.45) is 3.99. The molecule has 6 nitrogen and oxygen atoms in total. The van der Waals surface area contributed by atoms with Gasteiger partial charge in [-0.25, -0.2) is 4.98 Å². The van der Waals surface area contributed by atoms with Gasteiger partial charge in [-0.1, -0.05) is 0 Å². The van der Waals surface area contributed by atoms with Gasteiger partial charge in [-0.3, -0.25) is 10.1 Å². The van der Waals surface area contributed by atoms with E-state index in [0.717, 1.165) is 19.6 Å². The lowest BCUT2D eigenvalue weighted by molar-refractivity contribution is -0.384. The van der Waals surface area contributed by atoms with Crippen LogP contribution in [0.5, 0.6) is 0 Å². The molecular formula is C12H18N4O2. The highest BCUT2D eigenvalue weighted by molar-refractivity contribution is 5.44. The van der Waals surface area contributed by atoms with Crippen LogP contribution in [0.1, 0.15) is 19.8 Å². The van der Waals surface area contributed by atoms with Crippen molar-refractivity contribution >= 4 is 11.5 Å². The first kappa shape index (κ1) is 12.8. The van der Waals surface area contributed by atoms with Gasteiger partial charge < -0.3 is 10.2 Å². The van der Waals surface area contributed by atoms with Crippen LogP contribution in [0.4, 0.5) is 11.5 Å². The number of aromatic nitrogens is 1. The summed E-state index contributed by atoms with van der Waals surface area (Å²) in [6, 6.07) is 3.11. The van der Waals surface area contributed by atoms with Crippen molar-refractivity contribution in [1.82, 2.24) is 9.88 Å². The van der Waals surface area contributed by atoms with E-state index in [1.54, 1.807) is 0 Å². The maximum Gasteiger partial charge on any atom is 0.274 e. The van der Waals surface area contributed by atoms with Crippen molar-refractivity contribution in [2.75, 3.05) is 25.0 Å². The molecule has 98 valence electrons. The number of nitrogens with zero attached hydrogens (tertiary/aromatic N) is 3. The Hall–Kier alpha value is -1.69. The molecule has 6 heteroatoms. The fourth-order valence-corrected chi connectivity index (χ4v) is 2.26. The number of hydrogen-bond donors (Lipinski definition) is 1. The zero-order valence-electron chi connectivity index (χ0n) is 10.5. The third-order valence-electron chi connectivity index (χ3n) is 3.08. The van der Waals surface area contributed by atoms with Gasteiger partial charge >= 0.3 is 0 Å². The van der Waals surface area contributed by atoms with Gasteiger partial charge in [0, 0.05) is 24.8 Å². The molecule has 1 aliphatic heterocycles. The minimum absolute atomic E-state index is 0.0703. The van der Waals surface area contributed by atoms with Gasteiger partial charge in [-0.15, -0.1) is 0 Å². The highest BCUT2D eigenvalue weighted by atomic mass is 16.6. The van der Waals surface area contributed by atoms with Gasteiger partial charge in [0.15, 0.2) is 0 Å². The molecule has 0 aromatic carbocycles. The van der Waals surface area contributed by atoms with Crippen molar-refractivity contribution < 1.29 is 4.92 Å². The number of likely N-dealkylation sites (tertiary alicyclic amines) is 1. The Labute approximate surface area is 106 Å². The van der Waals surface area contributed by atoms with Crippen molar-refractivity contribution in [3.05, 3.63) is 28.4 Å². The average Bonchev–Trinajstić information content (AvgIpc) is 2.82. The third kappa shape index (κ3) is 3.40. The Morgan fingerprint density at radius 3 is 2.94 bits per heavy atom. The molecule has 0 aliphatic carbocycles. The zero-order chi connectivity index (χ0) is 13.0. The molecule has 2 rings (SSSR count). The molecule has 1 fully saturated rings. The van der Waals surface area contributed by atoms with E-state index >= 15 is 0 Å². The SMILES string of the molecule is CC(CN1CCCC1)Nc1cc([N+](=O)[O-])ccn1. The maximum absolute atomic E-state index is 10.7. The van der Waals surface area contributed by atoms with Crippen LogP contribution in [-0.4, -0.2) is 40.5 Å². The van der Waals surface area contributed by atoms with E-state index in [1.807, 2.05) is 0 Å². The summed E-state index contributed by atoms with van der Waals surface area (Å²) in [5.41, 5.74) is 0.0703. The molecular weight excluding hydrogens is 232 g/mol. The molecule has 1 aliphatic rings. The standard InChI is InChI=1S/C12H18N4O2/c1-10(9-15-6-2-3-7-15)14-12-8-11(16(17)18)4-5-13-12/h4-5,8,10H,2-3,6-7,9H2,1H3,(H,13,14). The van der Waals surface area contributed by atoms with Crippen LogP contribution in [0.3, 0.4) is 0 Å². The third-order valence-corrected chi connectivity index (χ3v) is 3.08. The van der Waals surface area contributed by atoms with Crippen LogP contribution in [-0.2, 0) is 0 Å². The van der Waals surface area contributed by atoms with E-state index in [-0.39, 0.29) is 11.7 Å². The summed E-state index contributed by atoms with van der Waals surface area (Å²) >= 11 is 0. The number of anilines is 1. The predicted molar refractivity (Wildman–Crippen MR) is 69.7 cm³/mol. The summed E-state index contributed by atoms with van der Waals surface area (Å²) in [7, 11) is 0. The van der Waals surface area contributed by atoms with Gasteiger partial charge in [0.25, 0.3) is 5.69 Å². The maximum atomic E-state index is 10.7. The largest absolute Gasteiger partial charge is 0.366 e. The number of nitrogens with one attached hydrogen (secondary N) is 1. The molecule has 1 aromatic heterocycles. The fraction of sp³-hybridized carbons (Fsp3) is 0.583. The lowest BCUT2D eigenvalue weighted by atomic mass is 10.3.